The molecule has 230 valence electrons. The maximum Gasteiger partial charge on any atom is 0.264 e. The van der Waals surface area contributed by atoms with Gasteiger partial charge in [-0.2, -0.15) is 0 Å². The van der Waals surface area contributed by atoms with E-state index in [4.69, 9.17) is 23.2 Å². The Morgan fingerprint density at radius 1 is 0.977 bits per heavy atom. The summed E-state index contributed by atoms with van der Waals surface area (Å²) in [5.41, 5.74) is 1.17. The second kappa shape index (κ2) is 14.6. The lowest BCUT2D eigenvalue weighted by Gasteiger charge is -2.34. The lowest BCUT2D eigenvalue weighted by Crippen LogP contribution is -2.54. The monoisotopic (exact) mass is 647 g/mol. The molecule has 1 N–H and O–H groups in total. The van der Waals surface area contributed by atoms with Gasteiger partial charge in [0.15, 0.2) is 0 Å². The number of sulfonamides is 1. The predicted molar refractivity (Wildman–Crippen MR) is 168 cm³/mol. The zero-order chi connectivity index (χ0) is 31.1. The summed E-state index contributed by atoms with van der Waals surface area (Å²) in [7, 11) is -4.38. The van der Waals surface area contributed by atoms with E-state index in [9.17, 15) is 18.0 Å². The highest BCUT2D eigenvalue weighted by molar-refractivity contribution is 7.92. The van der Waals surface area contributed by atoms with Crippen LogP contribution in [0.5, 0.6) is 0 Å². The SMILES string of the molecule is CC[C@H](C(=O)NC1CCCCC1)N(Cc1ccc(Cl)c(Cl)c1)C(=O)CN(c1ccccc1F)S(=O)(=O)c1ccc(C)cc1. The smallest absolute Gasteiger partial charge is 0.264 e. The number of benzene rings is 3. The third kappa shape index (κ3) is 8.08. The van der Waals surface area contributed by atoms with Crippen molar-refractivity contribution in [2.24, 2.45) is 0 Å². The molecule has 0 aliphatic heterocycles. The number of para-hydroxylation sites is 1. The minimum atomic E-state index is -4.38. The van der Waals surface area contributed by atoms with Crippen LogP contribution in [0.1, 0.15) is 56.6 Å². The third-order valence-electron chi connectivity index (χ3n) is 7.68. The molecule has 11 heteroatoms. The van der Waals surface area contributed by atoms with Crippen molar-refractivity contribution in [3.63, 3.8) is 0 Å². The lowest BCUT2D eigenvalue weighted by atomic mass is 9.95. The molecular formula is C32H36Cl2FN3O4S. The van der Waals surface area contributed by atoms with Crippen LogP contribution in [0.2, 0.25) is 10.0 Å². The van der Waals surface area contributed by atoms with E-state index in [0.29, 0.717) is 10.6 Å². The van der Waals surface area contributed by atoms with Gasteiger partial charge in [0.1, 0.15) is 18.4 Å². The van der Waals surface area contributed by atoms with Crippen molar-refractivity contribution < 1.29 is 22.4 Å². The van der Waals surface area contributed by atoms with Gasteiger partial charge in [0.25, 0.3) is 10.0 Å². The molecule has 1 atom stereocenters. The number of hydrogen-bond donors (Lipinski definition) is 1. The normalized spacial score (nSPS) is 14.6. The van der Waals surface area contributed by atoms with Gasteiger partial charge < -0.3 is 10.2 Å². The van der Waals surface area contributed by atoms with Gasteiger partial charge in [-0.1, -0.05) is 85.3 Å². The van der Waals surface area contributed by atoms with Crippen LogP contribution >= 0.6 is 23.2 Å². The molecule has 3 aromatic rings. The molecule has 1 saturated carbocycles. The summed E-state index contributed by atoms with van der Waals surface area (Å²) in [6.07, 6.45) is 5.14. The molecular weight excluding hydrogens is 612 g/mol. The van der Waals surface area contributed by atoms with Crippen molar-refractivity contribution >= 4 is 50.7 Å². The van der Waals surface area contributed by atoms with Crippen LogP contribution in [-0.2, 0) is 26.2 Å². The first-order valence-corrected chi connectivity index (χ1v) is 16.6. The fraction of sp³-hybridized carbons (Fsp3) is 0.375. The lowest BCUT2D eigenvalue weighted by molar-refractivity contribution is -0.140. The Kier molecular flexibility index (Phi) is 11.1. The van der Waals surface area contributed by atoms with Gasteiger partial charge in [-0.15, -0.1) is 0 Å². The summed E-state index contributed by atoms with van der Waals surface area (Å²) in [5.74, 6) is -1.79. The van der Waals surface area contributed by atoms with Gasteiger partial charge in [0.2, 0.25) is 11.8 Å². The fourth-order valence-electron chi connectivity index (χ4n) is 5.30. The highest BCUT2D eigenvalue weighted by Gasteiger charge is 2.35. The largest absolute Gasteiger partial charge is 0.352 e. The second-order valence-electron chi connectivity index (χ2n) is 10.8. The van der Waals surface area contributed by atoms with E-state index in [1.54, 1.807) is 37.3 Å². The number of carbonyl (C=O) groups is 2. The number of carbonyl (C=O) groups excluding carboxylic acids is 2. The van der Waals surface area contributed by atoms with Crippen molar-refractivity contribution in [1.29, 1.82) is 0 Å². The first kappa shape index (κ1) is 32.8. The van der Waals surface area contributed by atoms with Crippen molar-refractivity contribution in [1.82, 2.24) is 10.2 Å². The van der Waals surface area contributed by atoms with Crippen LogP contribution in [0.15, 0.2) is 71.6 Å². The van der Waals surface area contributed by atoms with E-state index in [0.717, 1.165) is 48.0 Å². The molecule has 0 saturated heterocycles. The number of anilines is 1. The second-order valence-corrected chi connectivity index (χ2v) is 13.5. The molecule has 4 rings (SSSR count). The number of rotatable bonds is 11. The van der Waals surface area contributed by atoms with Crippen LogP contribution in [-0.4, -0.2) is 43.8 Å². The van der Waals surface area contributed by atoms with Crippen LogP contribution < -0.4 is 9.62 Å². The van der Waals surface area contributed by atoms with Gasteiger partial charge in [0.05, 0.1) is 20.6 Å². The minimum absolute atomic E-state index is 0.00839. The van der Waals surface area contributed by atoms with Crippen LogP contribution in [0.4, 0.5) is 10.1 Å². The van der Waals surface area contributed by atoms with Gasteiger partial charge in [-0.25, -0.2) is 12.8 Å². The predicted octanol–water partition coefficient (Wildman–Crippen LogP) is 6.89. The summed E-state index contributed by atoms with van der Waals surface area (Å²) in [6, 6.07) is 15.5. The quantitative estimate of drug-likeness (QED) is 0.245. The zero-order valence-electron chi connectivity index (χ0n) is 24.2. The first-order chi connectivity index (χ1) is 20.5. The van der Waals surface area contributed by atoms with E-state index in [2.05, 4.69) is 5.32 Å². The summed E-state index contributed by atoms with van der Waals surface area (Å²) in [5, 5.41) is 3.71. The Morgan fingerprint density at radius 3 is 2.28 bits per heavy atom. The maximum atomic E-state index is 15.1. The molecule has 1 fully saturated rings. The van der Waals surface area contributed by atoms with Gasteiger partial charge in [0, 0.05) is 12.6 Å². The molecule has 43 heavy (non-hydrogen) atoms. The molecule has 0 bridgehead atoms. The van der Waals surface area contributed by atoms with E-state index in [-0.39, 0.29) is 40.5 Å². The van der Waals surface area contributed by atoms with Crippen LogP contribution in [0, 0.1) is 12.7 Å². The van der Waals surface area contributed by atoms with Gasteiger partial charge >= 0.3 is 0 Å². The van der Waals surface area contributed by atoms with Gasteiger partial charge in [-0.3, -0.25) is 13.9 Å². The van der Waals surface area contributed by atoms with Crippen molar-refractivity contribution in [2.75, 3.05) is 10.8 Å². The third-order valence-corrected chi connectivity index (χ3v) is 10.2. The summed E-state index contributed by atoms with van der Waals surface area (Å²) < 4.78 is 43.7. The highest BCUT2D eigenvalue weighted by Crippen LogP contribution is 2.28. The van der Waals surface area contributed by atoms with Gasteiger partial charge in [-0.05, 0) is 68.1 Å². The molecule has 1 aliphatic carbocycles. The Hall–Kier alpha value is -3.14. The summed E-state index contributed by atoms with van der Waals surface area (Å²) in [6.45, 7) is 2.84. The number of aryl methyl sites for hydroxylation is 1. The average molecular weight is 649 g/mol. The van der Waals surface area contributed by atoms with Crippen LogP contribution in [0.3, 0.4) is 0 Å². The Bertz CT molecular complexity index is 1550. The topological polar surface area (TPSA) is 86.8 Å². The maximum absolute atomic E-state index is 15.1. The molecule has 0 aromatic heterocycles. The average Bonchev–Trinajstić information content (AvgIpc) is 2.98. The Balaban J connectivity index is 1.73. The Labute approximate surface area is 263 Å². The zero-order valence-corrected chi connectivity index (χ0v) is 26.6. The molecule has 3 aromatic carbocycles. The standard InChI is InChI=1S/C32H36Cl2FN3O4S/c1-3-29(32(40)36-24-9-5-4-6-10-24)37(20-23-15-18-26(33)27(34)19-23)31(39)21-38(30-12-8-7-11-28(30)35)43(41,42)25-16-13-22(2)14-17-25/h7-8,11-19,24,29H,3-6,9-10,20-21H2,1-2H3,(H,36,40)/t29-/m1/s1. The van der Waals surface area contributed by atoms with Crippen molar-refractivity contribution in [3.8, 4) is 0 Å². The number of nitrogens with one attached hydrogen (secondary N) is 1. The molecule has 7 nitrogen and oxygen atoms in total. The van der Waals surface area contributed by atoms with E-state index >= 15 is 4.39 Å². The number of nitrogens with zero attached hydrogens (tertiary/aromatic N) is 2. The highest BCUT2D eigenvalue weighted by atomic mass is 35.5. The van der Waals surface area contributed by atoms with E-state index in [1.807, 2.05) is 6.92 Å². The molecule has 0 heterocycles. The molecule has 0 spiro atoms. The molecule has 0 radical (unpaired) electrons. The van der Waals surface area contributed by atoms with Crippen molar-refractivity contribution in [2.45, 2.75) is 75.9 Å². The number of amides is 2. The molecule has 1 aliphatic rings. The van der Waals surface area contributed by atoms with E-state index in [1.165, 1.54) is 35.2 Å². The van der Waals surface area contributed by atoms with Crippen molar-refractivity contribution in [3.05, 3.63) is 93.7 Å². The minimum Gasteiger partial charge on any atom is -0.352 e. The summed E-state index contributed by atoms with van der Waals surface area (Å²) >= 11 is 12.4. The Morgan fingerprint density at radius 2 is 1.65 bits per heavy atom. The number of hydrogen-bond acceptors (Lipinski definition) is 4. The first-order valence-electron chi connectivity index (χ1n) is 14.4. The molecule has 0 unspecified atom stereocenters. The molecule has 2 amide bonds. The number of halogens is 3. The van der Waals surface area contributed by atoms with Crippen LogP contribution in [0.25, 0.3) is 0 Å². The fourth-order valence-corrected chi connectivity index (χ4v) is 7.05. The summed E-state index contributed by atoms with van der Waals surface area (Å²) in [4.78, 5) is 29.1. The van der Waals surface area contributed by atoms with E-state index < -0.39 is 34.3 Å².